The van der Waals surface area contributed by atoms with Crippen LogP contribution in [0, 0.1) is 5.82 Å². The Balaban J connectivity index is 1.46. The molecule has 0 bridgehead atoms. The van der Waals surface area contributed by atoms with Gasteiger partial charge in [-0.3, -0.25) is 0 Å². The largest absolute Gasteiger partial charge is 0.423 e. The molecular formula is C28H25FO4. The maximum atomic E-state index is 14.4. The van der Waals surface area contributed by atoms with Gasteiger partial charge in [0.25, 0.3) is 0 Å². The van der Waals surface area contributed by atoms with E-state index in [1.54, 1.807) is 24.3 Å². The first kappa shape index (κ1) is 22.5. The Morgan fingerprint density at radius 3 is 2.21 bits per heavy atom. The van der Waals surface area contributed by atoms with Crippen LogP contribution in [0.2, 0.25) is 0 Å². The van der Waals surface area contributed by atoms with Crippen LogP contribution in [0.25, 0.3) is 11.1 Å². The summed E-state index contributed by atoms with van der Waals surface area (Å²) in [5.41, 5.74) is 4.90. The number of carbonyl (C=O) groups is 2. The first-order valence-electron chi connectivity index (χ1n) is 11.1. The first-order valence-corrected chi connectivity index (χ1v) is 11.1. The lowest BCUT2D eigenvalue weighted by Crippen LogP contribution is -2.09. The summed E-state index contributed by atoms with van der Waals surface area (Å²) in [7, 11) is 0. The number of esters is 2. The van der Waals surface area contributed by atoms with Gasteiger partial charge in [-0.25, -0.2) is 14.0 Å². The molecule has 1 aliphatic carbocycles. The van der Waals surface area contributed by atoms with Crippen molar-refractivity contribution in [2.75, 3.05) is 0 Å². The smallest absolute Gasteiger partial charge is 0.343 e. The summed E-state index contributed by atoms with van der Waals surface area (Å²) < 4.78 is 25.1. The van der Waals surface area contributed by atoms with Crippen LogP contribution in [0.3, 0.4) is 0 Å². The summed E-state index contributed by atoms with van der Waals surface area (Å²) >= 11 is 0. The van der Waals surface area contributed by atoms with Crippen LogP contribution in [0.15, 0.2) is 67.3 Å². The van der Waals surface area contributed by atoms with Gasteiger partial charge in [0.2, 0.25) is 0 Å². The number of carbonyl (C=O) groups excluding carboxylic acids is 2. The molecule has 0 radical (unpaired) electrons. The van der Waals surface area contributed by atoms with E-state index in [4.69, 9.17) is 9.47 Å². The molecule has 0 N–H and O–H groups in total. The Bertz CT molecular complexity index is 1230. The molecule has 0 aromatic heterocycles. The second-order valence-electron chi connectivity index (χ2n) is 8.09. The van der Waals surface area contributed by atoms with Crippen LogP contribution in [-0.2, 0) is 17.6 Å². The molecule has 0 fully saturated rings. The van der Waals surface area contributed by atoms with Gasteiger partial charge in [-0.05, 0) is 83.5 Å². The van der Waals surface area contributed by atoms with Crippen LogP contribution in [-0.4, -0.2) is 11.9 Å². The summed E-state index contributed by atoms with van der Waals surface area (Å²) in [6.45, 7) is 5.51. The van der Waals surface area contributed by atoms with Gasteiger partial charge < -0.3 is 9.47 Å². The molecule has 3 aromatic rings. The van der Waals surface area contributed by atoms with E-state index in [0.717, 1.165) is 47.6 Å². The third-order valence-corrected chi connectivity index (χ3v) is 5.76. The van der Waals surface area contributed by atoms with Gasteiger partial charge in [-0.15, -0.1) is 0 Å². The molecular weight excluding hydrogens is 419 g/mol. The highest BCUT2D eigenvalue weighted by Gasteiger charge is 2.21. The average molecular weight is 445 g/mol. The van der Waals surface area contributed by atoms with Crippen LogP contribution >= 0.6 is 0 Å². The average Bonchev–Trinajstić information content (AvgIpc) is 3.16. The monoisotopic (exact) mass is 444 g/mol. The molecule has 0 amide bonds. The zero-order valence-corrected chi connectivity index (χ0v) is 18.5. The number of benzene rings is 3. The molecule has 4 nitrogen and oxygen atoms in total. The van der Waals surface area contributed by atoms with Crippen molar-refractivity contribution in [2.45, 2.75) is 39.0 Å². The minimum absolute atomic E-state index is 0.184. The zero-order valence-electron chi connectivity index (χ0n) is 18.5. The molecule has 5 heteroatoms. The van der Waals surface area contributed by atoms with Gasteiger partial charge in [-0.2, -0.15) is 0 Å². The standard InChI is InChI=1S/C28H25FO4/c1-3-5-6-7-18-8-9-19(17-26(18)29)28(31)33-23-11-13-25-21(16-23)14-20-15-22(10-12-24(20)25)32-27(30)4-2/h4,8-13,15-17H,2-3,5-7,14H2,1H3. The number of hydrogen-bond acceptors (Lipinski definition) is 4. The van der Waals surface area contributed by atoms with Crippen molar-refractivity contribution >= 4 is 11.9 Å². The number of fused-ring (bicyclic) bond motifs is 3. The highest BCUT2D eigenvalue weighted by molar-refractivity contribution is 5.91. The second-order valence-corrected chi connectivity index (χ2v) is 8.09. The zero-order chi connectivity index (χ0) is 23.4. The van der Waals surface area contributed by atoms with Crippen LogP contribution in [0.4, 0.5) is 4.39 Å². The van der Waals surface area contributed by atoms with Crippen molar-refractivity contribution in [3.8, 4) is 22.6 Å². The van der Waals surface area contributed by atoms with E-state index in [1.807, 2.05) is 24.3 Å². The number of hydrogen-bond donors (Lipinski definition) is 0. The predicted octanol–water partition coefficient (Wildman–Crippen LogP) is 6.44. The molecule has 0 aliphatic heterocycles. The van der Waals surface area contributed by atoms with E-state index in [0.29, 0.717) is 29.9 Å². The van der Waals surface area contributed by atoms with Gasteiger partial charge in [0.15, 0.2) is 0 Å². The molecule has 0 spiro atoms. The Morgan fingerprint density at radius 1 is 0.939 bits per heavy atom. The molecule has 0 saturated carbocycles. The Hall–Kier alpha value is -3.73. The molecule has 1 aliphatic rings. The quantitative estimate of drug-likeness (QED) is 0.136. The Morgan fingerprint density at radius 2 is 1.61 bits per heavy atom. The molecule has 0 atom stereocenters. The summed E-state index contributed by atoms with van der Waals surface area (Å²) in [5, 5.41) is 0. The maximum absolute atomic E-state index is 14.4. The number of halogens is 1. The Labute approximate surface area is 192 Å². The van der Waals surface area contributed by atoms with E-state index >= 15 is 0 Å². The summed E-state index contributed by atoms with van der Waals surface area (Å²) in [4.78, 5) is 24.0. The fourth-order valence-corrected chi connectivity index (χ4v) is 4.06. The van der Waals surface area contributed by atoms with Crippen molar-refractivity contribution in [2.24, 2.45) is 0 Å². The number of ether oxygens (including phenoxy) is 2. The normalized spacial score (nSPS) is 11.5. The number of unbranched alkanes of at least 4 members (excludes halogenated alkanes) is 2. The van der Waals surface area contributed by atoms with Crippen molar-refractivity contribution in [3.63, 3.8) is 0 Å². The van der Waals surface area contributed by atoms with E-state index in [-0.39, 0.29) is 11.4 Å². The highest BCUT2D eigenvalue weighted by atomic mass is 19.1. The lowest BCUT2D eigenvalue weighted by Gasteiger charge is -2.08. The van der Waals surface area contributed by atoms with Crippen LogP contribution in [0.1, 0.15) is 53.2 Å². The summed E-state index contributed by atoms with van der Waals surface area (Å²) in [5.74, 6) is -0.623. The highest BCUT2D eigenvalue weighted by Crippen LogP contribution is 2.40. The van der Waals surface area contributed by atoms with Crippen molar-refractivity contribution < 1.29 is 23.5 Å². The summed E-state index contributed by atoms with van der Waals surface area (Å²) in [6, 6.07) is 15.4. The lowest BCUT2D eigenvalue weighted by molar-refractivity contribution is -0.128. The van der Waals surface area contributed by atoms with Crippen molar-refractivity contribution in [1.29, 1.82) is 0 Å². The molecule has 33 heavy (non-hydrogen) atoms. The first-order chi connectivity index (χ1) is 16.0. The maximum Gasteiger partial charge on any atom is 0.343 e. The SMILES string of the molecule is C=CC(=O)Oc1ccc2c(c1)Cc1cc(OC(=O)c3ccc(CCCCC)c(F)c3)ccc1-2. The third-order valence-electron chi connectivity index (χ3n) is 5.76. The Kier molecular flexibility index (Phi) is 6.68. The molecule has 0 heterocycles. The number of aryl methyl sites for hydroxylation is 1. The fourth-order valence-electron chi connectivity index (χ4n) is 4.06. The minimum atomic E-state index is -0.594. The second kappa shape index (κ2) is 9.82. The minimum Gasteiger partial charge on any atom is -0.423 e. The number of rotatable bonds is 8. The van der Waals surface area contributed by atoms with Gasteiger partial charge in [-0.1, -0.05) is 44.5 Å². The van der Waals surface area contributed by atoms with E-state index in [2.05, 4.69) is 13.5 Å². The topological polar surface area (TPSA) is 52.6 Å². The van der Waals surface area contributed by atoms with Crippen molar-refractivity contribution in [3.05, 3.63) is 95.3 Å². The third kappa shape index (κ3) is 5.03. The van der Waals surface area contributed by atoms with Crippen molar-refractivity contribution in [1.82, 2.24) is 0 Å². The van der Waals surface area contributed by atoms with Gasteiger partial charge >= 0.3 is 11.9 Å². The van der Waals surface area contributed by atoms with Gasteiger partial charge in [0.05, 0.1) is 5.56 Å². The summed E-state index contributed by atoms with van der Waals surface area (Å²) in [6.07, 6.45) is 5.45. The van der Waals surface area contributed by atoms with Gasteiger partial charge in [0, 0.05) is 6.08 Å². The van der Waals surface area contributed by atoms with Crippen LogP contribution < -0.4 is 9.47 Å². The molecule has 4 rings (SSSR count). The lowest BCUT2D eigenvalue weighted by atomic mass is 10.0. The van der Waals surface area contributed by atoms with Crippen LogP contribution in [0.5, 0.6) is 11.5 Å². The van der Waals surface area contributed by atoms with E-state index in [9.17, 15) is 14.0 Å². The molecule has 168 valence electrons. The fraction of sp³-hybridized carbons (Fsp3) is 0.214. The van der Waals surface area contributed by atoms with Gasteiger partial charge in [0.1, 0.15) is 17.3 Å². The molecule has 0 unspecified atom stereocenters. The predicted molar refractivity (Wildman–Crippen MR) is 125 cm³/mol. The molecule has 3 aromatic carbocycles. The van der Waals surface area contributed by atoms with E-state index in [1.165, 1.54) is 6.07 Å². The molecule has 0 saturated heterocycles. The van der Waals surface area contributed by atoms with E-state index < -0.39 is 11.9 Å².